The number of rotatable bonds is 3. The van der Waals surface area contributed by atoms with Crippen molar-refractivity contribution >= 4 is 12.0 Å². The van der Waals surface area contributed by atoms with Crippen LogP contribution in [0.2, 0.25) is 0 Å². The van der Waals surface area contributed by atoms with Crippen LogP contribution in [0, 0.1) is 5.41 Å². The molecule has 1 heterocycles. The van der Waals surface area contributed by atoms with Gasteiger partial charge in [-0.1, -0.05) is 20.8 Å². The maximum absolute atomic E-state index is 10.4. The Balaban J connectivity index is 2.35. The van der Waals surface area contributed by atoms with Crippen LogP contribution in [-0.2, 0) is 4.79 Å². The molecule has 0 aromatic rings. The molecule has 2 nitrogen and oxygen atoms in total. The quantitative estimate of drug-likeness (QED) is 0.615. The summed E-state index contributed by atoms with van der Waals surface area (Å²) in [7, 11) is 0. The van der Waals surface area contributed by atoms with Gasteiger partial charge in [-0.25, -0.2) is 0 Å². The molecule has 0 aromatic heterocycles. The van der Waals surface area contributed by atoms with Gasteiger partial charge in [0.05, 0.1) is 0 Å². The molecular weight excluding hydrogens is 162 g/mol. The van der Waals surface area contributed by atoms with Gasteiger partial charge >= 0.3 is 0 Å². The average Bonchev–Trinajstić information content (AvgIpc) is 2.47. The second-order valence-corrected chi connectivity index (χ2v) is 5.00. The Kier molecular flexibility index (Phi) is 3.23. The Morgan fingerprint density at radius 2 is 2.23 bits per heavy atom. The highest BCUT2D eigenvalue weighted by molar-refractivity contribution is 5.88. The van der Waals surface area contributed by atoms with Crippen LogP contribution in [-0.4, -0.2) is 18.0 Å². The van der Waals surface area contributed by atoms with Crippen LogP contribution in [0.15, 0.2) is 4.99 Å². The predicted molar refractivity (Wildman–Crippen MR) is 55.2 cm³/mol. The van der Waals surface area contributed by atoms with E-state index in [1.165, 1.54) is 5.71 Å². The summed E-state index contributed by atoms with van der Waals surface area (Å²) in [5, 5.41) is 0. The highest BCUT2D eigenvalue weighted by atomic mass is 16.1. The van der Waals surface area contributed by atoms with Crippen molar-refractivity contribution in [2.24, 2.45) is 10.4 Å². The molecule has 1 aliphatic rings. The monoisotopic (exact) mass is 181 g/mol. The predicted octanol–water partition coefficient (Wildman–Crippen LogP) is 2.62. The summed E-state index contributed by atoms with van der Waals surface area (Å²) in [6, 6.07) is -0.0324. The SMILES string of the molecule is CC(C)(C)CCC1=N[C@H](C=O)CC1. The van der Waals surface area contributed by atoms with Gasteiger partial charge in [0, 0.05) is 5.71 Å². The first-order valence-electron chi connectivity index (χ1n) is 5.02. The number of hydrogen-bond donors (Lipinski definition) is 0. The summed E-state index contributed by atoms with van der Waals surface area (Å²) >= 11 is 0. The summed E-state index contributed by atoms with van der Waals surface area (Å²) in [4.78, 5) is 14.8. The van der Waals surface area contributed by atoms with Crippen LogP contribution >= 0.6 is 0 Å². The summed E-state index contributed by atoms with van der Waals surface area (Å²) in [5.74, 6) is 0. The van der Waals surface area contributed by atoms with Crippen LogP contribution in [0.25, 0.3) is 0 Å². The molecule has 1 rings (SSSR count). The van der Waals surface area contributed by atoms with Gasteiger partial charge in [0.15, 0.2) is 0 Å². The molecule has 0 amide bonds. The lowest BCUT2D eigenvalue weighted by atomic mass is 9.89. The van der Waals surface area contributed by atoms with Crippen molar-refractivity contribution < 1.29 is 4.79 Å². The van der Waals surface area contributed by atoms with E-state index in [2.05, 4.69) is 25.8 Å². The minimum Gasteiger partial charge on any atom is -0.301 e. The van der Waals surface area contributed by atoms with Crippen molar-refractivity contribution in [2.45, 2.75) is 52.5 Å². The smallest absolute Gasteiger partial charge is 0.144 e. The number of carbonyl (C=O) groups is 1. The Labute approximate surface area is 80.4 Å². The molecule has 1 atom stereocenters. The molecule has 1 aliphatic heterocycles. The lowest BCUT2D eigenvalue weighted by molar-refractivity contribution is -0.108. The van der Waals surface area contributed by atoms with Gasteiger partial charge < -0.3 is 4.79 Å². The zero-order valence-corrected chi connectivity index (χ0v) is 8.84. The minimum atomic E-state index is -0.0324. The Morgan fingerprint density at radius 1 is 1.54 bits per heavy atom. The zero-order valence-electron chi connectivity index (χ0n) is 8.84. The van der Waals surface area contributed by atoms with Crippen LogP contribution in [0.3, 0.4) is 0 Å². The van der Waals surface area contributed by atoms with Crippen LogP contribution < -0.4 is 0 Å². The van der Waals surface area contributed by atoms with Gasteiger partial charge in [-0.15, -0.1) is 0 Å². The van der Waals surface area contributed by atoms with Crippen molar-refractivity contribution in [3.63, 3.8) is 0 Å². The third-order valence-corrected chi connectivity index (χ3v) is 2.40. The normalized spacial score (nSPS) is 23.0. The van der Waals surface area contributed by atoms with E-state index in [4.69, 9.17) is 0 Å². The molecule has 2 heteroatoms. The van der Waals surface area contributed by atoms with E-state index in [0.29, 0.717) is 5.41 Å². The fourth-order valence-corrected chi connectivity index (χ4v) is 1.49. The third kappa shape index (κ3) is 3.71. The number of carbonyl (C=O) groups excluding carboxylic acids is 1. The molecule has 0 spiro atoms. The summed E-state index contributed by atoms with van der Waals surface area (Å²) in [6.45, 7) is 6.71. The van der Waals surface area contributed by atoms with Crippen molar-refractivity contribution in [2.75, 3.05) is 0 Å². The molecule has 0 radical (unpaired) electrons. The van der Waals surface area contributed by atoms with E-state index in [9.17, 15) is 4.79 Å². The van der Waals surface area contributed by atoms with E-state index in [1.807, 2.05) is 0 Å². The molecule has 13 heavy (non-hydrogen) atoms. The largest absolute Gasteiger partial charge is 0.301 e. The van der Waals surface area contributed by atoms with Crippen molar-refractivity contribution in [3.05, 3.63) is 0 Å². The lowest BCUT2D eigenvalue weighted by Crippen LogP contribution is -2.07. The number of hydrogen-bond acceptors (Lipinski definition) is 2. The molecule has 0 N–H and O–H groups in total. The van der Waals surface area contributed by atoms with Gasteiger partial charge in [0.2, 0.25) is 0 Å². The first-order valence-corrected chi connectivity index (χ1v) is 5.02. The molecule has 0 bridgehead atoms. The Bertz CT molecular complexity index is 213. The van der Waals surface area contributed by atoms with E-state index in [0.717, 1.165) is 32.0 Å². The van der Waals surface area contributed by atoms with E-state index in [-0.39, 0.29) is 6.04 Å². The van der Waals surface area contributed by atoms with Crippen LogP contribution in [0.5, 0.6) is 0 Å². The number of aldehydes is 1. The highest BCUT2D eigenvalue weighted by Gasteiger charge is 2.18. The highest BCUT2D eigenvalue weighted by Crippen LogP contribution is 2.24. The van der Waals surface area contributed by atoms with Crippen LogP contribution in [0.1, 0.15) is 46.5 Å². The number of aliphatic imine (C=N–C) groups is 1. The second-order valence-electron chi connectivity index (χ2n) is 5.00. The third-order valence-electron chi connectivity index (χ3n) is 2.40. The molecule has 0 fully saturated rings. The maximum atomic E-state index is 10.4. The summed E-state index contributed by atoms with van der Waals surface area (Å²) in [5.41, 5.74) is 1.62. The van der Waals surface area contributed by atoms with Gasteiger partial charge in [0.25, 0.3) is 0 Å². The van der Waals surface area contributed by atoms with E-state index in [1.54, 1.807) is 0 Å². The average molecular weight is 181 g/mol. The first kappa shape index (κ1) is 10.4. The van der Waals surface area contributed by atoms with Gasteiger partial charge in [-0.05, 0) is 31.1 Å². The van der Waals surface area contributed by atoms with Crippen molar-refractivity contribution in [1.82, 2.24) is 0 Å². The maximum Gasteiger partial charge on any atom is 0.144 e. The molecule has 74 valence electrons. The van der Waals surface area contributed by atoms with E-state index < -0.39 is 0 Å². The van der Waals surface area contributed by atoms with Crippen molar-refractivity contribution in [3.8, 4) is 0 Å². The lowest BCUT2D eigenvalue weighted by Gasteiger charge is -2.17. The number of nitrogens with zero attached hydrogens (tertiary/aromatic N) is 1. The first-order chi connectivity index (χ1) is 6.01. The van der Waals surface area contributed by atoms with E-state index >= 15 is 0 Å². The van der Waals surface area contributed by atoms with Crippen LogP contribution in [0.4, 0.5) is 0 Å². The van der Waals surface area contributed by atoms with Gasteiger partial charge in [-0.2, -0.15) is 0 Å². The molecule has 0 aliphatic carbocycles. The van der Waals surface area contributed by atoms with Crippen molar-refractivity contribution in [1.29, 1.82) is 0 Å². The molecule has 0 unspecified atom stereocenters. The molecule has 0 saturated carbocycles. The molecular formula is C11H19NO. The topological polar surface area (TPSA) is 29.4 Å². The van der Waals surface area contributed by atoms with Gasteiger partial charge in [0.1, 0.15) is 12.3 Å². The second kappa shape index (κ2) is 4.03. The standard InChI is InChI=1S/C11H19NO/c1-11(2,3)7-6-9-4-5-10(8-13)12-9/h8,10H,4-7H2,1-3H3/t10-/m0/s1. The van der Waals surface area contributed by atoms with Gasteiger partial charge in [-0.3, -0.25) is 4.99 Å². The summed E-state index contributed by atoms with van der Waals surface area (Å²) in [6.07, 6.45) is 5.15. The molecule has 0 aromatic carbocycles. The summed E-state index contributed by atoms with van der Waals surface area (Å²) < 4.78 is 0. The fraction of sp³-hybridized carbons (Fsp3) is 0.818. The zero-order chi connectivity index (χ0) is 9.90. The fourth-order valence-electron chi connectivity index (χ4n) is 1.49. The Morgan fingerprint density at radius 3 is 2.69 bits per heavy atom. The molecule has 0 saturated heterocycles. The minimum absolute atomic E-state index is 0.0324. The Hall–Kier alpha value is -0.660.